The van der Waals surface area contributed by atoms with Gasteiger partial charge in [0, 0.05) is 18.2 Å². The molecule has 0 atom stereocenters. The summed E-state index contributed by atoms with van der Waals surface area (Å²) in [4.78, 5) is 0. The van der Waals surface area contributed by atoms with Crippen molar-refractivity contribution in [3.8, 4) is 0 Å². The lowest BCUT2D eigenvalue weighted by atomic mass is 9.82. The minimum absolute atomic E-state index is 0.0982. The van der Waals surface area contributed by atoms with Crippen molar-refractivity contribution in [3.63, 3.8) is 0 Å². The van der Waals surface area contributed by atoms with Crippen LogP contribution in [0.1, 0.15) is 37.3 Å². The molecule has 2 rings (SSSR count). The summed E-state index contributed by atoms with van der Waals surface area (Å²) < 4.78 is 24.6. The minimum Gasteiger partial charge on any atom is -0.310 e. The lowest BCUT2D eigenvalue weighted by Gasteiger charge is -2.33. The standard InChI is InChI=1S/C13H17F2N/c1-9-6-12(7-9)16-8-10-2-4-11(5-3-10)13(14)15/h2-5,9,12-13,16H,6-8H2,1H3. The van der Waals surface area contributed by atoms with Crippen LogP contribution in [0, 0.1) is 5.92 Å². The monoisotopic (exact) mass is 225 g/mol. The van der Waals surface area contributed by atoms with Gasteiger partial charge in [-0.15, -0.1) is 0 Å². The van der Waals surface area contributed by atoms with Crippen LogP contribution in [0.2, 0.25) is 0 Å². The summed E-state index contributed by atoms with van der Waals surface area (Å²) in [6.07, 6.45) is 0.0963. The Labute approximate surface area is 94.9 Å². The molecular weight excluding hydrogens is 208 g/mol. The van der Waals surface area contributed by atoms with Crippen molar-refractivity contribution >= 4 is 0 Å². The predicted octanol–water partition coefficient (Wildman–Crippen LogP) is 3.51. The van der Waals surface area contributed by atoms with Gasteiger partial charge in [-0.2, -0.15) is 0 Å². The van der Waals surface area contributed by atoms with Crippen LogP contribution in [0.15, 0.2) is 24.3 Å². The summed E-state index contributed by atoms with van der Waals surface area (Å²) in [6, 6.07) is 7.17. The van der Waals surface area contributed by atoms with Crippen LogP contribution >= 0.6 is 0 Å². The highest BCUT2D eigenvalue weighted by atomic mass is 19.3. The molecule has 3 heteroatoms. The van der Waals surface area contributed by atoms with E-state index in [1.807, 2.05) is 0 Å². The fraction of sp³-hybridized carbons (Fsp3) is 0.538. The smallest absolute Gasteiger partial charge is 0.263 e. The van der Waals surface area contributed by atoms with Crippen molar-refractivity contribution in [1.82, 2.24) is 5.32 Å². The molecule has 0 spiro atoms. The van der Waals surface area contributed by atoms with Gasteiger partial charge in [0.05, 0.1) is 0 Å². The third-order valence-electron chi connectivity index (χ3n) is 3.20. The summed E-state index contributed by atoms with van der Waals surface area (Å²) in [5, 5.41) is 3.43. The molecule has 1 saturated carbocycles. The van der Waals surface area contributed by atoms with E-state index in [-0.39, 0.29) is 5.56 Å². The van der Waals surface area contributed by atoms with Gasteiger partial charge in [0.25, 0.3) is 6.43 Å². The first-order valence-electron chi connectivity index (χ1n) is 5.75. The second kappa shape index (κ2) is 4.91. The Balaban J connectivity index is 1.81. The molecule has 0 bridgehead atoms. The van der Waals surface area contributed by atoms with Crippen molar-refractivity contribution in [1.29, 1.82) is 0 Å². The zero-order valence-corrected chi connectivity index (χ0v) is 9.42. The SMILES string of the molecule is CC1CC(NCc2ccc(C(F)F)cc2)C1. The molecular formula is C13H17F2N. The first-order chi connectivity index (χ1) is 7.65. The highest BCUT2D eigenvalue weighted by Crippen LogP contribution is 2.26. The number of hydrogen-bond donors (Lipinski definition) is 1. The number of benzene rings is 1. The van der Waals surface area contributed by atoms with Crippen molar-refractivity contribution in [2.24, 2.45) is 5.92 Å². The van der Waals surface area contributed by atoms with E-state index in [9.17, 15) is 8.78 Å². The van der Waals surface area contributed by atoms with E-state index >= 15 is 0 Å². The molecule has 16 heavy (non-hydrogen) atoms. The Morgan fingerprint density at radius 2 is 1.88 bits per heavy atom. The van der Waals surface area contributed by atoms with E-state index in [0.29, 0.717) is 6.04 Å². The molecule has 0 aliphatic heterocycles. The zero-order chi connectivity index (χ0) is 11.5. The summed E-state index contributed by atoms with van der Waals surface area (Å²) in [7, 11) is 0. The van der Waals surface area contributed by atoms with E-state index in [4.69, 9.17) is 0 Å². The molecule has 0 saturated heterocycles. The van der Waals surface area contributed by atoms with Crippen LogP contribution in [-0.2, 0) is 6.54 Å². The zero-order valence-electron chi connectivity index (χ0n) is 9.42. The Bertz CT molecular complexity index is 328. The van der Waals surface area contributed by atoms with E-state index in [0.717, 1.165) is 18.0 Å². The molecule has 0 aromatic heterocycles. The molecule has 0 unspecified atom stereocenters. The molecule has 1 aromatic rings. The van der Waals surface area contributed by atoms with Gasteiger partial charge in [-0.25, -0.2) is 8.78 Å². The number of nitrogens with one attached hydrogen (secondary N) is 1. The molecule has 1 N–H and O–H groups in total. The van der Waals surface area contributed by atoms with E-state index < -0.39 is 6.43 Å². The summed E-state index contributed by atoms with van der Waals surface area (Å²) in [6.45, 7) is 3.02. The summed E-state index contributed by atoms with van der Waals surface area (Å²) in [5.74, 6) is 0.832. The largest absolute Gasteiger partial charge is 0.310 e. The van der Waals surface area contributed by atoms with Crippen LogP contribution in [0.25, 0.3) is 0 Å². The van der Waals surface area contributed by atoms with Crippen LogP contribution in [0.4, 0.5) is 8.78 Å². The molecule has 1 aliphatic carbocycles. The van der Waals surface area contributed by atoms with Gasteiger partial charge in [-0.05, 0) is 24.3 Å². The maximum atomic E-state index is 12.3. The average molecular weight is 225 g/mol. The number of rotatable bonds is 4. The fourth-order valence-corrected chi connectivity index (χ4v) is 2.11. The molecule has 1 aliphatic rings. The maximum absolute atomic E-state index is 12.3. The normalized spacial score (nSPS) is 24.5. The quantitative estimate of drug-likeness (QED) is 0.826. The minimum atomic E-state index is -2.37. The van der Waals surface area contributed by atoms with Gasteiger partial charge >= 0.3 is 0 Å². The molecule has 0 heterocycles. The van der Waals surface area contributed by atoms with Gasteiger partial charge in [-0.1, -0.05) is 31.2 Å². The van der Waals surface area contributed by atoms with E-state index in [2.05, 4.69) is 12.2 Å². The lowest BCUT2D eigenvalue weighted by Crippen LogP contribution is -2.39. The van der Waals surface area contributed by atoms with Crippen LogP contribution in [0.3, 0.4) is 0 Å². The average Bonchev–Trinajstić information content (AvgIpc) is 2.23. The second-order valence-corrected chi connectivity index (χ2v) is 4.70. The molecule has 88 valence electrons. The van der Waals surface area contributed by atoms with Crippen LogP contribution in [-0.4, -0.2) is 6.04 Å². The third kappa shape index (κ3) is 2.79. The van der Waals surface area contributed by atoms with Gasteiger partial charge in [-0.3, -0.25) is 0 Å². The molecule has 1 aromatic carbocycles. The Morgan fingerprint density at radius 1 is 1.25 bits per heavy atom. The highest BCUT2D eigenvalue weighted by molar-refractivity contribution is 5.23. The maximum Gasteiger partial charge on any atom is 0.263 e. The summed E-state index contributed by atoms with van der Waals surface area (Å²) >= 11 is 0. The van der Waals surface area contributed by atoms with E-state index in [1.54, 1.807) is 12.1 Å². The first-order valence-corrected chi connectivity index (χ1v) is 5.75. The molecule has 0 amide bonds. The number of hydrogen-bond acceptors (Lipinski definition) is 1. The Kier molecular flexibility index (Phi) is 3.54. The van der Waals surface area contributed by atoms with Gasteiger partial charge < -0.3 is 5.32 Å². The molecule has 1 nitrogen and oxygen atoms in total. The number of halogens is 2. The predicted molar refractivity (Wildman–Crippen MR) is 60.4 cm³/mol. The van der Waals surface area contributed by atoms with Crippen molar-refractivity contribution in [2.75, 3.05) is 0 Å². The topological polar surface area (TPSA) is 12.0 Å². The molecule has 1 fully saturated rings. The third-order valence-corrected chi connectivity index (χ3v) is 3.20. The first kappa shape index (κ1) is 11.5. The Hall–Kier alpha value is -0.960. The van der Waals surface area contributed by atoms with Crippen LogP contribution in [0.5, 0.6) is 0 Å². The van der Waals surface area contributed by atoms with Gasteiger partial charge in [0.2, 0.25) is 0 Å². The van der Waals surface area contributed by atoms with Crippen molar-refractivity contribution in [3.05, 3.63) is 35.4 Å². The number of alkyl halides is 2. The van der Waals surface area contributed by atoms with Crippen molar-refractivity contribution < 1.29 is 8.78 Å². The van der Waals surface area contributed by atoms with Crippen molar-refractivity contribution in [2.45, 2.75) is 38.8 Å². The fourth-order valence-electron chi connectivity index (χ4n) is 2.11. The highest BCUT2D eigenvalue weighted by Gasteiger charge is 2.24. The van der Waals surface area contributed by atoms with Gasteiger partial charge in [0.15, 0.2) is 0 Å². The summed E-state index contributed by atoms with van der Waals surface area (Å²) in [5.41, 5.74) is 1.17. The molecule has 0 radical (unpaired) electrons. The van der Waals surface area contributed by atoms with E-state index in [1.165, 1.54) is 25.0 Å². The Morgan fingerprint density at radius 3 is 2.38 bits per heavy atom. The van der Waals surface area contributed by atoms with Gasteiger partial charge in [0.1, 0.15) is 0 Å². The lowest BCUT2D eigenvalue weighted by molar-refractivity contribution is 0.151. The van der Waals surface area contributed by atoms with Crippen LogP contribution < -0.4 is 5.32 Å². The second-order valence-electron chi connectivity index (χ2n) is 4.70.